The summed E-state index contributed by atoms with van der Waals surface area (Å²) in [6.07, 6.45) is 4.08. The Balaban J connectivity index is 1.22. The summed E-state index contributed by atoms with van der Waals surface area (Å²) in [4.78, 5) is 17.0. The van der Waals surface area contributed by atoms with Crippen LogP contribution < -0.4 is 10.1 Å². The zero-order valence-electron chi connectivity index (χ0n) is 20.3. The van der Waals surface area contributed by atoms with Crippen molar-refractivity contribution in [1.29, 1.82) is 0 Å². The maximum atomic E-state index is 12.7. The SMILES string of the molecule is COc1ccc(C2CCN(CC(CO)C3CCN(C(=O)Nc4ccc(Cl)c(Cl)c4)CC3)CC2)cc1. The lowest BCUT2D eigenvalue weighted by atomic mass is 9.83. The van der Waals surface area contributed by atoms with Gasteiger partial charge >= 0.3 is 6.03 Å². The first kappa shape index (κ1) is 26.1. The predicted molar refractivity (Wildman–Crippen MR) is 142 cm³/mol. The highest BCUT2D eigenvalue weighted by molar-refractivity contribution is 6.42. The molecule has 2 saturated heterocycles. The summed E-state index contributed by atoms with van der Waals surface area (Å²) >= 11 is 12.0. The number of anilines is 1. The maximum absolute atomic E-state index is 12.7. The molecule has 0 radical (unpaired) electrons. The van der Waals surface area contributed by atoms with Gasteiger partial charge in [0, 0.05) is 31.9 Å². The summed E-state index contributed by atoms with van der Waals surface area (Å²) in [6, 6.07) is 13.4. The van der Waals surface area contributed by atoms with Gasteiger partial charge in [0.1, 0.15) is 5.75 Å². The number of carbonyl (C=O) groups is 1. The second-order valence-electron chi connectivity index (χ2n) is 9.67. The molecule has 6 nitrogen and oxygen atoms in total. The number of piperidine rings is 2. The van der Waals surface area contributed by atoms with Gasteiger partial charge in [-0.2, -0.15) is 0 Å². The fraction of sp³-hybridized carbons (Fsp3) is 0.519. The first-order valence-corrected chi connectivity index (χ1v) is 13.2. The van der Waals surface area contributed by atoms with Gasteiger partial charge in [-0.1, -0.05) is 35.3 Å². The van der Waals surface area contributed by atoms with Crippen molar-refractivity contribution in [3.05, 3.63) is 58.1 Å². The average Bonchev–Trinajstić information content (AvgIpc) is 2.90. The monoisotopic (exact) mass is 519 g/mol. The maximum Gasteiger partial charge on any atom is 0.321 e. The number of benzene rings is 2. The van der Waals surface area contributed by atoms with Crippen molar-refractivity contribution >= 4 is 34.9 Å². The molecular weight excluding hydrogens is 485 g/mol. The number of amides is 2. The van der Waals surface area contributed by atoms with Crippen molar-refractivity contribution in [2.24, 2.45) is 11.8 Å². The molecule has 2 N–H and O–H groups in total. The third-order valence-corrected chi connectivity index (χ3v) is 8.31. The number of hydrogen-bond acceptors (Lipinski definition) is 4. The molecule has 190 valence electrons. The fourth-order valence-corrected chi connectivity index (χ4v) is 5.66. The summed E-state index contributed by atoms with van der Waals surface area (Å²) < 4.78 is 5.28. The molecule has 0 aromatic heterocycles. The molecule has 2 aromatic carbocycles. The molecular formula is C27H35Cl2N3O3. The van der Waals surface area contributed by atoms with E-state index in [9.17, 15) is 9.90 Å². The largest absolute Gasteiger partial charge is 0.497 e. The molecule has 2 aromatic rings. The van der Waals surface area contributed by atoms with Gasteiger partial charge < -0.3 is 25.0 Å². The quantitative estimate of drug-likeness (QED) is 0.489. The predicted octanol–water partition coefficient (Wildman–Crippen LogP) is 5.73. The Labute approximate surface area is 218 Å². The van der Waals surface area contributed by atoms with Crippen LogP contribution in [0.2, 0.25) is 10.0 Å². The highest BCUT2D eigenvalue weighted by Gasteiger charge is 2.30. The zero-order valence-corrected chi connectivity index (χ0v) is 21.8. The minimum Gasteiger partial charge on any atom is -0.497 e. The molecule has 2 amide bonds. The number of nitrogens with zero attached hydrogens (tertiary/aromatic N) is 2. The van der Waals surface area contributed by atoms with Crippen molar-refractivity contribution in [2.45, 2.75) is 31.6 Å². The number of methoxy groups -OCH3 is 1. The third kappa shape index (κ3) is 6.82. The van der Waals surface area contributed by atoms with Crippen molar-refractivity contribution in [3.63, 3.8) is 0 Å². The van der Waals surface area contributed by atoms with Gasteiger partial charge in [0.2, 0.25) is 0 Å². The van der Waals surface area contributed by atoms with Gasteiger partial charge in [0.05, 0.1) is 17.2 Å². The number of likely N-dealkylation sites (tertiary alicyclic amines) is 2. The highest BCUT2D eigenvalue weighted by atomic mass is 35.5. The van der Waals surface area contributed by atoms with Crippen molar-refractivity contribution < 1.29 is 14.6 Å². The van der Waals surface area contributed by atoms with E-state index in [2.05, 4.69) is 22.3 Å². The second kappa shape index (κ2) is 12.3. The van der Waals surface area contributed by atoms with Gasteiger partial charge in [-0.15, -0.1) is 0 Å². The van der Waals surface area contributed by atoms with Gasteiger partial charge in [-0.3, -0.25) is 0 Å². The Kier molecular flexibility index (Phi) is 9.17. The Morgan fingerprint density at radius 3 is 2.31 bits per heavy atom. The smallest absolute Gasteiger partial charge is 0.321 e. The summed E-state index contributed by atoms with van der Waals surface area (Å²) in [5, 5.41) is 13.9. The van der Waals surface area contributed by atoms with E-state index in [1.54, 1.807) is 25.3 Å². The molecule has 2 aliphatic rings. The van der Waals surface area contributed by atoms with Crippen molar-refractivity contribution in [1.82, 2.24) is 9.80 Å². The van der Waals surface area contributed by atoms with Crippen LogP contribution in [0.3, 0.4) is 0 Å². The molecule has 4 rings (SSSR count). The highest BCUT2D eigenvalue weighted by Crippen LogP contribution is 2.32. The van der Waals surface area contributed by atoms with Crippen LogP contribution >= 0.6 is 23.2 Å². The first-order chi connectivity index (χ1) is 17.0. The van der Waals surface area contributed by atoms with E-state index in [1.807, 2.05) is 17.0 Å². The molecule has 1 atom stereocenters. The van der Waals surface area contributed by atoms with Gasteiger partial charge in [0.25, 0.3) is 0 Å². The van der Waals surface area contributed by atoms with Crippen LogP contribution in [0.4, 0.5) is 10.5 Å². The van der Waals surface area contributed by atoms with E-state index in [1.165, 1.54) is 5.56 Å². The molecule has 2 aliphatic heterocycles. The Morgan fingerprint density at radius 2 is 1.71 bits per heavy atom. The first-order valence-electron chi connectivity index (χ1n) is 12.4. The normalized spacial score (nSPS) is 18.9. The van der Waals surface area contributed by atoms with Crippen LogP contribution in [0.25, 0.3) is 0 Å². The van der Waals surface area contributed by atoms with Gasteiger partial charge in [-0.25, -0.2) is 4.79 Å². The number of aliphatic hydroxyl groups is 1. The van der Waals surface area contributed by atoms with E-state index >= 15 is 0 Å². The Hall–Kier alpha value is -1.99. The molecule has 0 spiro atoms. The second-order valence-corrected chi connectivity index (χ2v) is 10.5. The summed E-state index contributed by atoms with van der Waals surface area (Å²) in [5.41, 5.74) is 2.02. The molecule has 2 fully saturated rings. The van der Waals surface area contributed by atoms with Crippen LogP contribution in [0.5, 0.6) is 5.75 Å². The number of ether oxygens (including phenoxy) is 1. The summed E-state index contributed by atoms with van der Waals surface area (Å²) in [7, 11) is 1.70. The van der Waals surface area contributed by atoms with E-state index < -0.39 is 0 Å². The molecule has 0 bridgehead atoms. The van der Waals surface area contributed by atoms with Crippen molar-refractivity contribution in [2.75, 3.05) is 51.8 Å². The standard InChI is InChI=1S/C27H35Cl2N3O3/c1-35-24-5-2-19(3-6-24)20-8-12-31(13-9-20)17-22(18-33)21-10-14-32(15-11-21)27(34)30-23-4-7-25(28)26(29)16-23/h2-7,16,20-22,33H,8-15,17-18H2,1H3,(H,30,34). The van der Waals surface area contributed by atoms with Crippen LogP contribution in [0.15, 0.2) is 42.5 Å². The zero-order chi connectivity index (χ0) is 24.8. The van der Waals surface area contributed by atoms with E-state index in [4.69, 9.17) is 27.9 Å². The van der Waals surface area contributed by atoms with E-state index in [0.717, 1.165) is 51.1 Å². The number of nitrogens with one attached hydrogen (secondary N) is 1. The molecule has 2 heterocycles. The van der Waals surface area contributed by atoms with Gasteiger partial charge in [-0.05, 0) is 92.4 Å². The van der Waals surface area contributed by atoms with E-state index in [-0.39, 0.29) is 18.6 Å². The molecule has 8 heteroatoms. The number of halogens is 2. The lowest BCUT2D eigenvalue weighted by molar-refractivity contribution is 0.0782. The topological polar surface area (TPSA) is 65.0 Å². The van der Waals surface area contributed by atoms with Gasteiger partial charge in [0.15, 0.2) is 0 Å². The average molecular weight is 521 g/mol. The number of carbonyl (C=O) groups excluding carboxylic acids is 1. The number of hydrogen-bond donors (Lipinski definition) is 2. The third-order valence-electron chi connectivity index (χ3n) is 7.57. The fourth-order valence-electron chi connectivity index (χ4n) is 5.36. The number of aliphatic hydroxyl groups excluding tert-OH is 1. The number of urea groups is 1. The van der Waals surface area contributed by atoms with Crippen LogP contribution in [-0.2, 0) is 0 Å². The summed E-state index contributed by atoms with van der Waals surface area (Å²) in [6.45, 7) is 4.60. The van der Waals surface area contributed by atoms with E-state index in [0.29, 0.717) is 40.7 Å². The van der Waals surface area contributed by atoms with Crippen LogP contribution in [-0.4, -0.2) is 67.4 Å². The molecule has 0 aliphatic carbocycles. The summed E-state index contributed by atoms with van der Waals surface area (Å²) in [5.74, 6) is 2.15. The minimum absolute atomic E-state index is 0.122. The Bertz CT molecular complexity index is 972. The Morgan fingerprint density at radius 1 is 1.03 bits per heavy atom. The van der Waals surface area contributed by atoms with Crippen LogP contribution in [0.1, 0.15) is 37.2 Å². The molecule has 0 saturated carbocycles. The number of rotatable bonds is 7. The lowest BCUT2D eigenvalue weighted by Crippen LogP contribution is -2.45. The van der Waals surface area contributed by atoms with Crippen molar-refractivity contribution in [3.8, 4) is 5.75 Å². The molecule has 1 unspecified atom stereocenters. The minimum atomic E-state index is -0.122. The molecule has 35 heavy (non-hydrogen) atoms. The lowest BCUT2D eigenvalue weighted by Gasteiger charge is -2.39. The van der Waals surface area contributed by atoms with Crippen LogP contribution in [0, 0.1) is 11.8 Å².